The quantitative estimate of drug-likeness (QED) is 0.885. The summed E-state index contributed by atoms with van der Waals surface area (Å²) in [7, 11) is 4.10. The minimum Gasteiger partial charge on any atom is -0.316 e. The van der Waals surface area contributed by atoms with Gasteiger partial charge in [-0.05, 0) is 62.5 Å². The lowest BCUT2D eigenvalue weighted by atomic mass is 9.74. The summed E-state index contributed by atoms with van der Waals surface area (Å²) in [6.45, 7) is 4.74. The molecule has 0 radical (unpaired) electrons. The third-order valence-corrected chi connectivity index (χ3v) is 4.91. The molecule has 1 aliphatic rings. The molecule has 0 aliphatic heterocycles. The fraction of sp³-hybridized carbons (Fsp3) is 0.812. The first-order valence-corrected chi connectivity index (χ1v) is 7.75. The van der Waals surface area contributed by atoms with E-state index in [1.165, 1.54) is 31.2 Å². The second kappa shape index (κ2) is 6.56. The average Bonchev–Trinajstić information content (AvgIpc) is 2.81. The molecular formula is C16H29N3. The zero-order valence-electron chi connectivity index (χ0n) is 12.9. The van der Waals surface area contributed by atoms with Crippen molar-refractivity contribution in [2.75, 3.05) is 7.05 Å². The van der Waals surface area contributed by atoms with E-state index < -0.39 is 0 Å². The zero-order chi connectivity index (χ0) is 13.8. The van der Waals surface area contributed by atoms with Crippen molar-refractivity contribution in [3.8, 4) is 0 Å². The lowest BCUT2D eigenvalue weighted by Gasteiger charge is -2.35. The van der Waals surface area contributed by atoms with Crippen LogP contribution in [0.15, 0.2) is 12.4 Å². The van der Waals surface area contributed by atoms with Gasteiger partial charge in [-0.25, -0.2) is 0 Å². The molecule has 0 aromatic carbocycles. The highest BCUT2D eigenvalue weighted by Gasteiger charge is 2.28. The van der Waals surface area contributed by atoms with Gasteiger partial charge in [0.15, 0.2) is 0 Å². The fourth-order valence-electron chi connectivity index (χ4n) is 3.55. The molecule has 108 valence electrons. The van der Waals surface area contributed by atoms with Gasteiger partial charge >= 0.3 is 0 Å². The molecule has 1 aromatic heterocycles. The Labute approximate surface area is 117 Å². The van der Waals surface area contributed by atoms with E-state index in [0.717, 1.165) is 24.2 Å². The highest BCUT2D eigenvalue weighted by molar-refractivity contribution is 5.06. The van der Waals surface area contributed by atoms with Crippen molar-refractivity contribution in [1.29, 1.82) is 0 Å². The van der Waals surface area contributed by atoms with E-state index in [0.29, 0.717) is 6.04 Å². The van der Waals surface area contributed by atoms with Crippen LogP contribution in [0.1, 0.15) is 45.1 Å². The van der Waals surface area contributed by atoms with Crippen molar-refractivity contribution >= 4 is 0 Å². The maximum absolute atomic E-state index is 4.27. The first kappa shape index (κ1) is 14.6. The van der Waals surface area contributed by atoms with E-state index in [1.807, 2.05) is 17.9 Å². The molecule has 0 saturated heterocycles. The van der Waals surface area contributed by atoms with Crippen molar-refractivity contribution in [2.45, 2.75) is 52.0 Å². The van der Waals surface area contributed by atoms with Crippen molar-refractivity contribution in [3.05, 3.63) is 18.0 Å². The number of rotatable bonds is 5. The van der Waals surface area contributed by atoms with Gasteiger partial charge in [0, 0.05) is 19.3 Å². The molecule has 1 aliphatic carbocycles. The Hall–Kier alpha value is -0.830. The monoisotopic (exact) mass is 263 g/mol. The van der Waals surface area contributed by atoms with E-state index in [1.54, 1.807) is 0 Å². The maximum atomic E-state index is 4.27. The van der Waals surface area contributed by atoms with Crippen molar-refractivity contribution < 1.29 is 0 Å². The summed E-state index contributed by atoms with van der Waals surface area (Å²) in [4.78, 5) is 0. The molecule has 0 spiro atoms. The van der Waals surface area contributed by atoms with Gasteiger partial charge < -0.3 is 5.32 Å². The van der Waals surface area contributed by atoms with Crippen LogP contribution in [0.25, 0.3) is 0 Å². The largest absolute Gasteiger partial charge is 0.316 e. The van der Waals surface area contributed by atoms with E-state index in [-0.39, 0.29) is 0 Å². The van der Waals surface area contributed by atoms with Gasteiger partial charge in [0.05, 0.1) is 6.20 Å². The normalized spacial score (nSPS) is 25.7. The molecule has 3 nitrogen and oxygen atoms in total. The zero-order valence-corrected chi connectivity index (χ0v) is 12.9. The molecule has 1 N–H and O–H groups in total. The third-order valence-electron chi connectivity index (χ3n) is 4.91. The maximum Gasteiger partial charge on any atom is 0.0522 e. The van der Waals surface area contributed by atoms with Crippen molar-refractivity contribution in [3.63, 3.8) is 0 Å². The molecule has 2 rings (SSSR count). The Morgan fingerprint density at radius 1 is 1.26 bits per heavy atom. The van der Waals surface area contributed by atoms with Gasteiger partial charge in [-0.3, -0.25) is 4.68 Å². The van der Waals surface area contributed by atoms with Crippen LogP contribution in [0.2, 0.25) is 0 Å². The minimum atomic E-state index is 0.609. The van der Waals surface area contributed by atoms with Crippen LogP contribution in [0, 0.1) is 17.8 Å². The Bertz CT molecular complexity index is 375. The Morgan fingerprint density at radius 2 is 1.89 bits per heavy atom. The summed E-state index contributed by atoms with van der Waals surface area (Å²) in [6, 6.07) is 0.609. The minimum absolute atomic E-state index is 0.609. The van der Waals surface area contributed by atoms with Crippen LogP contribution >= 0.6 is 0 Å². The Kier molecular flexibility index (Phi) is 5.03. The molecule has 1 fully saturated rings. The van der Waals surface area contributed by atoms with Gasteiger partial charge in [-0.2, -0.15) is 5.10 Å². The van der Waals surface area contributed by atoms with E-state index in [2.05, 4.69) is 37.5 Å². The molecule has 0 amide bonds. The molecule has 1 heterocycles. The Morgan fingerprint density at radius 3 is 2.37 bits per heavy atom. The molecule has 3 heteroatoms. The van der Waals surface area contributed by atoms with Gasteiger partial charge in [0.1, 0.15) is 0 Å². The second-order valence-corrected chi connectivity index (χ2v) is 6.54. The van der Waals surface area contributed by atoms with Crippen molar-refractivity contribution in [1.82, 2.24) is 15.1 Å². The van der Waals surface area contributed by atoms with Gasteiger partial charge in [0.2, 0.25) is 0 Å². The topological polar surface area (TPSA) is 29.9 Å². The highest BCUT2D eigenvalue weighted by atomic mass is 15.2. The lowest BCUT2D eigenvalue weighted by Crippen LogP contribution is -2.38. The number of hydrogen-bond donors (Lipinski definition) is 1. The van der Waals surface area contributed by atoms with E-state index in [9.17, 15) is 0 Å². The number of aromatic nitrogens is 2. The highest BCUT2D eigenvalue weighted by Crippen LogP contribution is 2.35. The summed E-state index contributed by atoms with van der Waals surface area (Å²) in [5.74, 6) is 2.64. The number of hydrogen-bond acceptors (Lipinski definition) is 2. The predicted molar refractivity (Wildman–Crippen MR) is 80.0 cm³/mol. The molecule has 0 bridgehead atoms. The number of nitrogens with one attached hydrogen (secondary N) is 1. The number of nitrogens with zero attached hydrogens (tertiary/aromatic N) is 2. The molecule has 1 atom stereocenters. The van der Waals surface area contributed by atoms with Crippen LogP contribution in [0.3, 0.4) is 0 Å². The first-order valence-electron chi connectivity index (χ1n) is 7.75. The molecule has 19 heavy (non-hydrogen) atoms. The first-order chi connectivity index (χ1) is 9.10. The summed E-state index contributed by atoms with van der Waals surface area (Å²) >= 11 is 0. The molecular weight excluding hydrogens is 234 g/mol. The lowest BCUT2D eigenvalue weighted by molar-refractivity contribution is 0.191. The van der Waals surface area contributed by atoms with Gasteiger partial charge in [0.25, 0.3) is 0 Å². The Balaban J connectivity index is 1.88. The van der Waals surface area contributed by atoms with Crippen molar-refractivity contribution in [2.24, 2.45) is 24.8 Å². The second-order valence-electron chi connectivity index (χ2n) is 6.54. The molecule has 1 unspecified atom stereocenters. The van der Waals surface area contributed by atoms with Crippen LogP contribution in [-0.2, 0) is 13.5 Å². The standard InChI is InChI=1S/C16H29N3/c1-12(2)14-5-7-15(8-6-14)16(17-3)9-13-10-18-19(4)11-13/h10-12,14-17H,5-9H2,1-4H3. The fourth-order valence-corrected chi connectivity index (χ4v) is 3.55. The summed E-state index contributed by atoms with van der Waals surface area (Å²) in [5, 5.41) is 7.81. The van der Waals surface area contributed by atoms with Crippen LogP contribution in [0.4, 0.5) is 0 Å². The summed E-state index contributed by atoms with van der Waals surface area (Å²) < 4.78 is 1.90. The summed E-state index contributed by atoms with van der Waals surface area (Å²) in [6.07, 6.45) is 10.8. The van der Waals surface area contributed by atoms with Crippen LogP contribution in [0.5, 0.6) is 0 Å². The predicted octanol–water partition coefficient (Wildman–Crippen LogP) is 3.01. The van der Waals surface area contributed by atoms with E-state index >= 15 is 0 Å². The van der Waals surface area contributed by atoms with Gasteiger partial charge in [-0.15, -0.1) is 0 Å². The number of likely N-dealkylation sites (N-methyl/N-ethyl adjacent to an activating group) is 1. The molecule has 1 saturated carbocycles. The third kappa shape index (κ3) is 3.82. The van der Waals surface area contributed by atoms with E-state index in [4.69, 9.17) is 0 Å². The summed E-state index contributed by atoms with van der Waals surface area (Å²) in [5.41, 5.74) is 1.35. The number of aryl methyl sites for hydroxylation is 1. The molecule has 1 aromatic rings. The average molecular weight is 263 g/mol. The smallest absolute Gasteiger partial charge is 0.0522 e. The SMILES string of the molecule is CNC(Cc1cnn(C)c1)C1CCC(C(C)C)CC1. The van der Waals surface area contributed by atoms with Gasteiger partial charge in [-0.1, -0.05) is 13.8 Å². The van der Waals surface area contributed by atoms with Crippen LogP contribution in [-0.4, -0.2) is 22.9 Å². The van der Waals surface area contributed by atoms with Crippen LogP contribution < -0.4 is 5.32 Å².